The minimum absolute atomic E-state index is 0. The van der Waals surface area contributed by atoms with Gasteiger partial charge < -0.3 is 10.2 Å². The van der Waals surface area contributed by atoms with Crippen LogP contribution in [0.2, 0.25) is 5.15 Å². The van der Waals surface area contributed by atoms with Crippen molar-refractivity contribution < 1.29 is 0 Å². The van der Waals surface area contributed by atoms with Crippen LogP contribution in [0, 0.1) is 5.41 Å². The summed E-state index contributed by atoms with van der Waals surface area (Å²) in [6.45, 7) is 4.55. The SMILES string of the molecule is Cl.Cl.Clc1ccc(N2CCC3(CCNCC3)CC2)nn1. The Bertz CT molecular complexity index is 397. The summed E-state index contributed by atoms with van der Waals surface area (Å²) in [5.74, 6) is 0.961. The Kier molecular flexibility index (Phi) is 6.79. The lowest BCUT2D eigenvalue weighted by Crippen LogP contribution is -2.45. The van der Waals surface area contributed by atoms with Gasteiger partial charge in [-0.05, 0) is 56.3 Å². The molecule has 1 N–H and O–H groups in total. The molecule has 4 nitrogen and oxygen atoms in total. The molecule has 0 radical (unpaired) electrons. The first-order chi connectivity index (χ1) is 8.77. The number of piperidine rings is 2. The Hall–Kier alpha value is -0.290. The van der Waals surface area contributed by atoms with Crippen LogP contribution in [0.15, 0.2) is 12.1 Å². The lowest BCUT2D eigenvalue weighted by atomic mass is 9.71. The van der Waals surface area contributed by atoms with Gasteiger partial charge in [-0.25, -0.2) is 0 Å². The number of halogens is 3. The van der Waals surface area contributed by atoms with Gasteiger partial charge in [0.15, 0.2) is 11.0 Å². The van der Waals surface area contributed by atoms with Crippen LogP contribution in [0.1, 0.15) is 25.7 Å². The third kappa shape index (κ3) is 3.88. The molecule has 0 unspecified atom stereocenters. The van der Waals surface area contributed by atoms with E-state index in [4.69, 9.17) is 11.6 Å². The van der Waals surface area contributed by atoms with E-state index in [0.29, 0.717) is 10.6 Å². The van der Waals surface area contributed by atoms with Crippen LogP contribution in [-0.4, -0.2) is 36.4 Å². The molecule has 0 bridgehead atoms. The quantitative estimate of drug-likeness (QED) is 0.854. The number of rotatable bonds is 1. The third-order valence-electron chi connectivity index (χ3n) is 4.43. The zero-order chi connectivity index (χ0) is 12.4. The summed E-state index contributed by atoms with van der Waals surface area (Å²) < 4.78 is 0. The standard InChI is InChI=1S/C13H19ClN4.2ClH/c14-11-1-2-12(17-16-11)18-9-5-13(6-10-18)3-7-15-8-4-13;;/h1-2,15H,3-10H2;2*1H. The van der Waals surface area contributed by atoms with E-state index in [1.165, 1.54) is 38.8 Å². The highest BCUT2D eigenvalue weighted by molar-refractivity contribution is 6.29. The van der Waals surface area contributed by atoms with Crippen molar-refractivity contribution in [1.29, 1.82) is 0 Å². The second-order valence-corrected chi connectivity index (χ2v) is 5.84. The van der Waals surface area contributed by atoms with E-state index in [2.05, 4.69) is 20.4 Å². The second kappa shape index (κ2) is 7.64. The number of hydrogen-bond donors (Lipinski definition) is 1. The van der Waals surface area contributed by atoms with Crippen LogP contribution in [0.25, 0.3) is 0 Å². The molecule has 1 aromatic rings. The molecule has 0 saturated carbocycles. The molecule has 1 spiro atoms. The molecular weight excluding hydrogens is 319 g/mol. The van der Waals surface area contributed by atoms with Crippen LogP contribution in [-0.2, 0) is 0 Å². The molecule has 20 heavy (non-hydrogen) atoms. The van der Waals surface area contributed by atoms with Crippen molar-refractivity contribution in [3.05, 3.63) is 17.3 Å². The molecule has 7 heteroatoms. The molecular formula is C13H21Cl3N4. The number of anilines is 1. The highest BCUT2D eigenvalue weighted by Gasteiger charge is 2.35. The predicted molar refractivity (Wildman–Crippen MR) is 87.5 cm³/mol. The molecule has 1 aromatic heterocycles. The zero-order valence-corrected chi connectivity index (χ0v) is 13.7. The fourth-order valence-electron chi connectivity index (χ4n) is 3.14. The van der Waals surface area contributed by atoms with E-state index < -0.39 is 0 Å². The van der Waals surface area contributed by atoms with Crippen molar-refractivity contribution in [3.63, 3.8) is 0 Å². The largest absolute Gasteiger partial charge is 0.355 e. The highest BCUT2D eigenvalue weighted by Crippen LogP contribution is 2.40. The fourth-order valence-corrected chi connectivity index (χ4v) is 3.25. The van der Waals surface area contributed by atoms with Gasteiger partial charge in [-0.2, -0.15) is 0 Å². The Labute approximate surface area is 137 Å². The molecule has 0 atom stereocenters. The van der Waals surface area contributed by atoms with E-state index in [0.717, 1.165) is 18.9 Å². The number of aromatic nitrogens is 2. The summed E-state index contributed by atoms with van der Waals surface area (Å²) >= 11 is 5.77. The summed E-state index contributed by atoms with van der Waals surface area (Å²) in [6.07, 6.45) is 5.21. The molecule has 2 fully saturated rings. The summed E-state index contributed by atoms with van der Waals surface area (Å²) in [7, 11) is 0. The maximum Gasteiger partial charge on any atom is 0.151 e. The van der Waals surface area contributed by atoms with Gasteiger partial charge in [0, 0.05) is 13.1 Å². The van der Waals surface area contributed by atoms with Gasteiger partial charge in [0.05, 0.1) is 0 Å². The lowest BCUT2D eigenvalue weighted by Gasteiger charge is -2.44. The van der Waals surface area contributed by atoms with E-state index in [1.54, 1.807) is 0 Å². The summed E-state index contributed by atoms with van der Waals surface area (Å²) in [4.78, 5) is 2.33. The van der Waals surface area contributed by atoms with E-state index in [9.17, 15) is 0 Å². The first-order valence-corrected chi connectivity index (χ1v) is 7.10. The number of nitrogens with one attached hydrogen (secondary N) is 1. The first-order valence-electron chi connectivity index (χ1n) is 6.72. The molecule has 2 aliphatic rings. The van der Waals surface area contributed by atoms with Crippen LogP contribution in [0.5, 0.6) is 0 Å². The average Bonchev–Trinajstić information content (AvgIpc) is 2.42. The Morgan fingerprint density at radius 3 is 2.20 bits per heavy atom. The minimum Gasteiger partial charge on any atom is -0.355 e. The molecule has 114 valence electrons. The fraction of sp³-hybridized carbons (Fsp3) is 0.692. The maximum atomic E-state index is 5.77. The van der Waals surface area contributed by atoms with Gasteiger partial charge in [0.2, 0.25) is 0 Å². The smallest absolute Gasteiger partial charge is 0.151 e. The second-order valence-electron chi connectivity index (χ2n) is 5.45. The number of nitrogens with zero attached hydrogens (tertiary/aromatic N) is 3. The van der Waals surface area contributed by atoms with Gasteiger partial charge in [-0.1, -0.05) is 11.6 Å². The third-order valence-corrected chi connectivity index (χ3v) is 4.63. The van der Waals surface area contributed by atoms with Gasteiger partial charge in [0.1, 0.15) is 0 Å². The zero-order valence-electron chi connectivity index (χ0n) is 11.3. The van der Waals surface area contributed by atoms with Crippen molar-refractivity contribution in [3.8, 4) is 0 Å². The summed E-state index contributed by atoms with van der Waals surface area (Å²) in [5, 5.41) is 12.0. The van der Waals surface area contributed by atoms with Crippen molar-refractivity contribution in [2.24, 2.45) is 5.41 Å². The highest BCUT2D eigenvalue weighted by atomic mass is 35.5. The van der Waals surface area contributed by atoms with Crippen molar-refractivity contribution in [2.75, 3.05) is 31.1 Å². The van der Waals surface area contributed by atoms with Crippen molar-refractivity contribution >= 4 is 42.2 Å². The Morgan fingerprint density at radius 1 is 1.00 bits per heavy atom. The van der Waals surface area contributed by atoms with Gasteiger partial charge in [0.25, 0.3) is 0 Å². The lowest BCUT2D eigenvalue weighted by molar-refractivity contribution is 0.154. The van der Waals surface area contributed by atoms with Crippen LogP contribution in [0.4, 0.5) is 5.82 Å². The maximum absolute atomic E-state index is 5.77. The monoisotopic (exact) mass is 338 g/mol. The summed E-state index contributed by atoms with van der Waals surface area (Å²) in [5.41, 5.74) is 0.585. The van der Waals surface area contributed by atoms with Crippen LogP contribution >= 0.6 is 36.4 Å². The first kappa shape index (κ1) is 17.8. The van der Waals surface area contributed by atoms with Gasteiger partial charge in [-0.3, -0.25) is 0 Å². The Morgan fingerprint density at radius 2 is 1.65 bits per heavy atom. The van der Waals surface area contributed by atoms with E-state index in [1.807, 2.05) is 12.1 Å². The van der Waals surface area contributed by atoms with Crippen molar-refractivity contribution in [1.82, 2.24) is 15.5 Å². The van der Waals surface area contributed by atoms with Gasteiger partial charge in [-0.15, -0.1) is 35.0 Å². The molecule has 2 saturated heterocycles. The minimum atomic E-state index is 0. The predicted octanol–water partition coefficient (Wildman–Crippen LogP) is 2.94. The molecule has 3 heterocycles. The normalized spacial score (nSPS) is 20.9. The van der Waals surface area contributed by atoms with Crippen molar-refractivity contribution in [2.45, 2.75) is 25.7 Å². The van der Waals surface area contributed by atoms with E-state index in [-0.39, 0.29) is 24.8 Å². The molecule has 2 aliphatic heterocycles. The molecule has 3 rings (SSSR count). The average molecular weight is 340 g/mol. The van der Waals surface area contributed by atoms with Gasteiger partial charge >= 0.3 is 0 Å². The topological polar surface area (TPSA) is 41.0 Å². The molecule has 0 amide bonds. The number of hydrogen-bond acceptors (Lipinski definition) is 4. The Balaban J connectivity index is 0.000001000. The summed E-state index contributed by atoms with van der Waals surface area (Å²) in [6, 6.07) is 3.79. The van der Waals surface area contributed by atoms with Crippen LogP contribution < -0.4 is 10.2 Å². The molecule has 0 aliphatic carbocycles. The molecule has 0 aromatic carbocycles. The van der Waals surface area contributed by atoms with Crippen LogP contribution in [0.3, 0.4) is 0 Å². The van der Waals surface area contributed by atoms with E-state index >= 15 is 0 Å².